The molecule has 18 heavy (non-hydrogen) atoms. The molecule has 2 aromatic heterocycles. The van der Waals surface area contributed by atoms with Crippen molar-refractivity contribution in [3.05, 3.63) is 21.7 Å². The predicted octanol–water partition coefficient (Wildman–Crippen LogP) is -0.982. The highest BCUT2D eigenvalue weighted by Gasteiger charge is 2.20. The molecule has 8 nitrogen and oxygen atoms in total. The van der Waals surface area contributed by atoms with Gasteiger partial charge in [0.05, 0.1) is 17.5 Å². The highest BCUT2D eigenvalue weighted by molar-refractivity contribution is 5.69. The third kappa shape index (κ3) is 2.03. The lowest BCUT2D eigenvalue weighted by atomic mass is 10.1. The van der Waals surface area contributed by atoms with E-state index in [1.165, 1.54) is 6.92 Å². The monoisotopic (exact) mass is 251 g/mol. The van der Waals surface area contributed by atoms with E-state index in [0.717, 1.165) is 0 Å². The number of nitrogens with two attached hydrogens (primary N) is 1. The summed E-state index contributed by atoms with van der Waals surface area (Å²) in [6.45, 7) is 3.02. The lowest BCUT2D eigenvalue weighted by molar-refractivity contribution is 0.0273. The van der Waals surface area contributed by atoms with E-state index in [0.29, 0.717) is 5.69 Å². The number of aliphatic hydroxyl groups is 2. The van der Waals surface area contributed by atoms with E-state index in [4.69, 9.17) is 5.73 Å². The molecule has 0 aromatic carbocycles. The van der Waals surface area contributed by atoms with Crippen LogP contribution in [0.25, 0.3) is 11.2 Å². The number of aliphatic hydroxyl groups excluding tert-OH is 2. The first-order valence-electron chi connectivity index (χ1n) is 5.30. The number of hydrogen-bond donors (Lipinski definition) is 4. The molecule has 5 N–H and O–H groups in total. The molecule has 0 bridgehead atoms. The maximum Gasteiger partial charge on any atom is 0.280 e. The Hall–Kier alpha value is -2.06. The Morgan fingerprint density at radius 3 is 2.56 bits per heavy atom. The zero-order valence-electron chi connectivity index (χ0n) is 9.88. The lowest BCUT2D eigenvalue weighted by Crippen LogP contribution is -2.20. The van der Waals surface area contributed by atoms with Crippen molar-refractivity contribution in [1.29, 1.82) is 0 Å². The van der Waals surface area contributed by atoms with E-state index in [1.807, 2.05) is 0 Å². The second kappa shape index (κ2) is 4.31. The summed E-state index contributed by atoms with van der Waals surface area (Å²) in [6, 6.07) is 0. The van der Waals surface area contributed by atoms with Gasteiger partial charge in [-0.15, -0.1) is 0 Å². The van der Waals surface area contributed by atoms with Gasteiger partial charge in [-0.25, -0.2) is 9.97 Å². The summed E-state index contributed by atoms with van der Waals surface area (Å²) >= 11 is 0. The number of hydrogen-bond acceptors (Lipinski definition) is 7. The number of nitrogens with zero attached hydrogens (tertiary/aromatic N) is 3. The number of anilines is 1. The molecule has 0 aliphatic heterocycles. The summed E-state index contributed by atoms with van der Waals surface area (Å²) in [4.78, 5) is 25.8. The molecule has 2 rings (SSSR count). The van der Waals surface area contributed by atoms with Crippen LogP contribution in [0.5, 0.6) is 0 Å². The SMILES string of the molecule is Cc1nc2nc(N)[nH]c(=O)c2nc1C(O)C(C)O. The molecule has 2 unspecified atom stereocenters. The third-order valence-electron chi connectivity index (χ3n) is 2.51. The van der Waals surface area contributed by atoms with Crippen molar-refractivity contribution in [2.45, 2.75) is 26.1 Å². The van der Waals surface area contributed by atoms with Crippen LogP contribution >= 0.6 is 0 Å². The standard InChI is InChI=1S/C10H13N5O3/c1-3-5(7(17)4(2)16)13-6-8(12-3)14-10(11)15-9(6)18/h4,7,16-17H,1-2H3,(H3,11,12,14,15,18). The third-order valence-corrected chi connectivity index (χ3v) is 2.51. The van der Waals surface area contributed by atoms with Crippen molar-refractivity contribution in [3.8, 4) is 0 Å². The van der Waals surface area contributed by atoms with Crippen molar-refractivity contribution in [1.82, 2.24) is 19.9 Å². The lowest BCUT2D eigenvalue weighted by Gasteiger charge is -2.14. The van der Waals surface area contributed by atoms with E-state index in [2.05, 4.69) is 19.9 Å². The molecule has 2 atom stereocenters. The van der Waals surface area contributed by atoms with Crippen molar-refractivity contribution in [2.75, 3.05) is 5.73 Å². The number of aromatic nitrogens is 4. The summed E-state index contributed by atoms with van der Waals surface area (Å²) in [5.74, 6) is -0.0509. The van der Waals surface area contributed by atoms with Gasteiger partial charge in [0.2, 0.25) is 5.95 Å². The molecule has 0 spiro atoms. The summed E-state index contributed by atoms with van der Waals surface area (Å²) in [5, 5.41) is 19.1. The van der Waals surface area contributed by atoms with Crippen LogP contribution in [0.1, 0.15) is 24.4 Å². The fourth-order valence-electron chi connectivity index (χ4n) is 1.58. The van der Waals surface area contributed by atoms with Gasteiger partial charge in [0.1, 0.15) is 6.10 Å². The van der Waals surface area contributed by atoms with Gasteiger partial charge in [0, 0.05) is 0 Å². The minimum Gasteiger partial charge on any atom is -0.390 e. The van der Waals surface area contributed by atoms with Crippen molar-refractivity contribution >= 4 is 17.1 Å². The maximum absolute atomic E-state index is 11.6. The molecule has 0 saturated carbocycles. The molecule has 2 aromatic rings. The number of H-pyrrole nitrogens is 1. The van der Waals surface area contributed by atoms with Crippen LogP contribution in [0.3, 0.4) is 0 Å². The fourth-order valence-corrected chi connectivity index (χ4v) is 1.58. The number of fused-ring (bicyclic) bond motifs is 1. The van der Waals surface area contributed by atoms with Crippen LogP contribution in [-0.4, -0.2) is 36.3 Å². The van der Waals surface area contributed by atoms with Crippen molar-refractivity contribution in [3.63, 3.8) is 0 Å². The number of rotatable bonds is 2. The zero-order valence-corrected chi connectivity index (χ0v) is 9.88. The Morgan fingerprint density at radius 2 is 1.94 bits per heavy atom. The van der Waals surface area contributed by atoms with Gasteiger partial charge >= 0.3 is 0 Å². The van der Waals surface area contributed by atoms with Crippen molar-refractivity contribution in [2.24, 2.45) is 0 Å². The minimum absolute atomic E-state index is 0.0236. The first kappa shape index (κ1) is 12.4. The minimum atomic E-state index is -1.21. The molecule has 96 valence electrons. The van der Waals surface area contributed by atoms with Gasteiger partial charge < -0.3 is 15.9 Å². The summed E-state index contributed by atoms with van der Waals surface area (Å²) < 4.78 is 0. The molecular weight excluding hydrogens is 238 g/mol. The summed E-state index contributed by atoms with van der Waals surface area (Å²) in [7, 11) is 0. The highest BCUT2D eigenvalue weighted by atomic mass is 16.3. The van der Waals surface area contributed by atoms with Crippen LogP contribution in [0, 0.1) is 6.92 Å². The van der Waals surface area contributed by atoms with E-state index in [9.17, 15) is 15.0 Å². The van der Waals surface area contributed by atoms with Gasteiger partial charge in [-0.1, -0.05) is 0 Å². The smallest absolute Gasteiger partial charge is 0.280 e. The Kier molecular flexibility index (Phi) is 2.97. The molecule has 2 heterocycles. The molecular formula is C10H13N5O3. The fraction of sp³-hybridized carbons (Fsp3) is 0.400. The number of aryl methyl sites for hydroxylation is 1. The van der Waals surface area contributed by atoms with Gasteiger partial charge in [0.15, 0.2) is 11.2 Å². The molecule has 0 aliphatic rings. The van der Waals surface area contributed by atoms with Gasteiger partial charge in [-0.2, -0.15) is 4.98 Å². The Balaban J connectivity index is 2.72. The van der Waals surface area contributed by atoms with Crippen LogP contribution < -0.4 is 11.3 Å². The van der Waals surface area contributed by atoms with E-state index in [-0.39, 0.29) is 22.8 Å². The predicted molar refractivity (Wildman–Crippen MR) is 63.7 cm³/mol. The summed E-state index contributed by atoms with van der Waals surface area (Å²) in [6.07, 6.45) is -2.23. The van der Waals surface area contributed by atoms with E-state index >= 15 is 0 Å². The molecule has 0 saturated heterocycles. The zero-order chi connectivity index (χ0) is 13.4. The largest absolute Gasteiger partial charge is 0.390 e. The topological polar surface area (TPSA) is 138 Å². The van der Waals surface area contributed by atoms with Gasteiger partial charge in [-0.05, 0) is 13.8 Å². The van der Waals surface area contributed by atoms with Gasteiger partial charge in [0.25, 0.3) is 5.56 Å². The Bertz CT molecular complexity index is 652. The second-order valence-corrected chi connectivity index (χ2v) is 4.00. The first-order chi connectivity index (χ1) is 8.40. The first-order valence-corrected chi connectivity index (χ1v) is 5.30. The molecule has 0 fully saturated rings. The number of nitrogens with one attached hydrogen (secondary N) is 1. The van der Waals surface area contributed by atoms with Crippen molar-refractivity contribution < 1.29 is 10.2 Å². The average molecular weight is 251 g/mol. The molecule has 0 aliphatic carbocycles. The number of aromatic amines is 1. The van der Waals surface area contributed by atoms with Gasteiger partial charge in [-0.3, -0.25) is 9.78 Å². The second-order valence-electron chi connectivity index (χ2n) is 4.00. The maximum atomic E-state index is 11.6. The Morgan fingerprint density at radius 1 is 1.28 bits per heavy atom. The average Bonchev–Trinajstić information content (AvgIpc) is 2.26. The molecule has 8 heteroatoms. The van der Waals surface area contributed by atoms with Crippen LogP contribution in [-0.2, 0) is 0 Å². The molecule has 0 amide bonds. The summed E-state index contributed by atoms with van der Waals surface area (Å²) in [5.41, 5.74) is 5.47. The van der Waals surface area contributed by atoms with E-state index < -0.39 is 17.8 Å². The van der Waals surface area contributed by atoms with Crippen LogP contribution in [0.4, 0.5) is 5.95 Å². The quantitative estimate of drug-likeness (QED) is 0.538. The Labute approximate surface area is 102 Å². The van der Waals surface area contributed by atoms with E-state index in [1.54, 1.807) is 6.92 Å². The molecule has 0 radical (unpaired) electrons. The van der Waals surface area contributed by atoms with Crippen LogP contribution in [0.15, 0.2) is 4.79 Å². The highest BCUT2D eigenvalue weighted by Crippen LogP contribution is 2.18. The normalized spacial score (nSPS) is 14.7. The number of nitrogen functional groups attached to an aromatic ring is 1. The van der Waals surface area contributed by atoms with Crippen LogP contribution in [0.2, 0.25) is 0 Å².